The second-order valence-corrected chi connectivity index (χ2v) is 5.10. The molecule has 2 aliphatic carbocycles. The highest BCUT2D eigenvalue weighted by atomic mass is 19.4. The third kappa shape index (κ3) is 3.01. The first kappa shape index (κ1) is 13.3. The van der Waals surface area contributed by atoms with E-state index in [1.54, 1.807) is 6.42 Å². The zero-order chi connectivity index (χ0) is 13.2. The molecule has 0 radical (unpaired) electrons. The van der Waals surface area contributed by atoms with Crippen molar-refractivity contribution in [3.05, 3.63) is 41.4 Å². The van der Waals surface area contributed by atoms with Gasteiger partial charge in [-0.2, -0.15) is 13.2 Å². The number of allylic oxidation sites excluding steroid dienone is 6. The molecule has 0 heterocycles. The molecule has 0 amide bonds. The minimum Gasteiger partial charge on any atom is -0.164 e. The van der Waals surface area contributed by atoms with Crippen LogP contribution in [-0.2, 0) is 0 Å². The summed E-state index contributed by atoms with van der Waals surface area (Å²) in [5, 5.41) is 0. The van der Waals surface area contributed by atoms with Gasteiger partial charge in [0.1, 0.15) is 5.57 Å². The number of rotatable bonds is 1. The summed E-state index contributed by atoms with van der Waals surface area (Å²) in [6, 6.07) is 0. The zero-order valence-electron chi connectivity index (χ0n) is 10.6. The molecule has 0 aromatic rings. The van der Waals surface area contributed by atoms with E-state index < -0.39 is 11.7 Å². The summed E-state index contributed by atoms with van der Waals surface area (Å²) in [7, 11) is 0. The number of hydrogen-bond acceptors (Lipinski definition) is 0. The molecule has 0 unspecified atom stereocenters. The Balaban J connectivity index is 2.21. The van der Waals surface area contributed by atoms with Gasteiger partial charge >= 0.3 is 6.18 Å². The molecule has 18 heavy (non-hydrogen) atoms. The summed E-state index contributed by atoms with van der Waals surface area (Å²) in [4.78, 5) is 0. The Bertz CT molecular complexity index is 390. The van der Waals surface area contributed by atoms with Crippen molar-refractivity contribution in [1.29, 1.82) is 0 Å². The normalized spacial score (nSPS) is 24.6. The van der Waals surface area contributed by atoms with Crippen LogP contribution in [-0.4, -0.2) is 6.18 Å². The van der Waals surface area contributed by atoms with Gasteiger partial charge in [-0.05, 0) is 19.8 Å². The molecule has 0 aliphatic heterocycles. The van der Waals surface area contributed by atoms with Gasteiger partial charge in [0.25, 0.3) is 0 Å². The van der Waals surface area contributed by atoms with E-state index in [4.69, 9.17) is 0 Å². The fourth-order valence-corrected chi connectivity index (χ4v) is 2.71. The summed E-state index contributed by atoms with van der Waals surface area (Å²) in [5.74, 6) is 0.460. The van der Waals surface area contributed by atoms with Gasteiger partial charge in [-0.3, -0.25) is 0 Å². The lowest BCUT2D eigenvalue weighted by molar-refractivity contribution is -0.0883. The Morgan fingerprint density at radius 3 is 2.50 bits per heavy atom. The lowest BCUT2D eigenvalue weighted by atomic mass is 9.81. The van der Waals surface area contributed by atoms with Crippen LogP contribution in [0.4, 0.5) is 13.2 Å². The Morgan fingerprint density at radius 2 is 1.89 bits per heavy atom. The van der Waals surface area contributed by atoms with Crippen molar-refractivity contribution in [2.45, 2.75) is 45.2 Å². The SMILES string of the molecule is C/C(=C1/C=C(C(F)(F)F)C=C[CH+]1)C1CCCCC1. The molecule has 0 N–H and O–H groups in total. The molecule has 0 saturated heterocycles. The van der Waals surface area contributed by atoms with E-state index >= 15 is 0 Å². The largest absolute Gasteiger partial charge is 0.434 e. The lowest BCUT2D eigenvalue weighted by Gasteiger charge is -2.21. The molecular weight excluding hydrogens is 237 g/mol. The van der Waals surface area contributed by atoms with E-state index in [0.29, 0.717) is 5.92 Å². The van der Waals surface area contributed by atoms with E-state index in [1.165, 1.54) is 31.4 Å². The van der Waals surface area contributed by atoms with Gasteiger partial charge < -0.3 is 0 Å². The summed E-state index contributed by atoms with van der Waals surface area (Å²) in [6.45, 7) is 1.98. The van der Waals surface area contributed by atoms with E-state index in [-0.39, 0.29) is 0 Å². The second-order valence-electron chi connectivity index (χ2n) is 5.10. The van der Waals surface area contributed by atoms with Crippen LogP contribution in [0.5, 0.6) is 0 Å². The molecule has 0 aromatic heterocycles. The maximum absolute atomic E-state index is 12.7. The fraction of sp³-hybridized carbons (Fsp3) is 0.533. The third-order valence-electron chi connectivity index (χ3n) is 3.86. The topological polar surface area (TPSA) is 0 Å². The number of alkyl halides is 3. The highest BCUT2D eigenvalue weighted by Crippen LogP contribution is 2.36. The van der Waals surface area contributed by atoms with Crippen LogP contribution >= 0.6 is 0 Å². The molecule has 1 fully saturated rings. The van der Waals surface area contributed by atoms with Gasteiger partial charge in [0.2, 0.25) is 0 Å². The average Bonchev–Trinajstić information content (AvgIpc) is 2.38. The standard InChI is InChI=1S/C15H18F3/c1-11(12-6-3-2-4-7-12)13-8-5-9-14(10-13)15(16,17)18/h5,8-10,12H,2-4,6-7H2,1H3/q+1/b13-11-. The van der Waals surface area contributed by atoms with Gasteiger partial charge in [-0.25, -0.2) is 0 Å². The lowest BCUT2D eigenvalue weighted by Crippen LogP contribution is -2.14. The molecule has 0 aromatic carbocycles. The van der Waals surface area contributed by atoms with E-state index in [0.717, 1.165) is 30.1 Å². The van der Waals surface area contributed by atoms with Crippen molar-refractivity contribution in [2.75, 3.05) is 0 Å². The van der Waals surface area contributed by atoms with Gasteiger partial charge in [0, 0.05) is 36.1 Å². The average molecular weight is 255 g/mol. The first-order chi connectivity index (χ1) is 8.48. The van der Waals surface area contributed by atoms with Crippen LogP contribution in [0.15, 0.2) is 34.9 Å². The Kier molecular flexibility index (Phi) is 3.88. The number of halogens is 3. The summed E-state index contributed by atoms with van der Waals surface area (Å²) in [5.41, 5.74) is 1.31. The Labute approximate surface area is 106 Å². The minimum absolute atomic E-state index is 0.460. The first-order valence-electron chi connectivity index (χ1n) is 6.49. The highest BCUT2D eigenvalue weighted by Gasteiger charge is 2.37. The Hall–Kier alpha value is -1.12. The highest BCUT2D eigenvalue weighted by molar-refractivity contribution is 5.48. The Morgan fingerprint density at radius 1 is 1.22 bits per heavy atom. The van der Waals surface area contributed by atoms with E-state index in [2.05, 4.69) is 0 Å². The maximum atomic E-state index is 12.7. The van der Waals surface area contributed by atoms with Crippen molar-refractivity contribution in [3.8, 4) is 0 Å². The van der Waals surface area contributed by atoms with Crippen molar-refractivity contribution in [1.82, 2.24) is 0 Å². The predicted molar refractivity (Wildman–Crippen MR) is 66.9 cm³/mol. The summed E-state index contributed by atoms with van der Waals surface area (Å²) >= 11 is 0. The molecule has 2 rings (SSSR count). The van der Waals surface area contributed by atoms with Gasteiger partial charge in [-0.1, -0.05) is 19.3 Å². The maximum Gasteiger partial charge on any atom is 0.434 e. The molecule has 0 bridgehead atoms. The summed E-state index contributed by atoms with van der Waals surface area (Å²) < 4.78 is 38.0. The molecule has 2 aliphatic rings. The van der Waals surface area contributed by atoms with E-state index in [9.17, 15) is 13.2 Å². The van der Waals surface area contributed by atoms with Crippen molar-refractivity contribution < 1.29 is 13.2 Å². The van der Waals surface area contributed by atoms with Crippen LogP contribution in [0.3, 0.4) is 0 Å². The summed E-state index contributed by atoms with van der Waals surface area (Å²) in [6.07, 6.45) is 7.34. The smallest absolute Gasteiger partial charge is 0.164 e. The van der Waals surface area contributed by atoms with Crippen LogP contribution in [0, 0.1) is 12.3 Å². The van der Waals surface area contributed by atoms with Crippen LogP contribution in [0.1, 0.15) is 39.0 Å². The monoisotopic (exact) mass is 255 g/mol. The van der Waals surface area contributed by atoms with Crippen LogP contribution < -0.4 is 0 Å². The quantitative estimate of drug-likeness (QED) is 0.569. The molecule has 3 heteroatoms. The minimum atomic E-state index is -4.25. The van der Waals surface area contributed by atoms with Crippen LogP contribution in [0.25, 0.3) is 0 Å². The second kappa shape index (κ2) is 5.25. The molecule has 0 spiro atoms. The van der Waals surface area contributed by atoms with Gasteiger partial charge in [0.05, 0.1) is 5.57 Å². The molecule has 0 nitrogen and oxygen atoms in total. The van der Waals surface area contributed by atoms with Crippen molar-refractivity contribution >= 4 is 0 Å². The first-order valence-corrected chi connectivity index (χ1v) is 6.49. The third-order valence-corrected chi connectivity index (χ3v) is 3.86. The molecule has 1 saturated carbocycles. The number of hydrogen-bond donors (Lipinski definition) is 0. The van der Waals surface area contributed by atoms with Gasteiger partial charge in [0.15, 0.2) is 0 Å². The van der Waals surface area contributed by atoms with Gasteiger partial charge in [-0.15, -0.1) is 0 Å². The molecular formula is C15H18F3+. The van der Waals surface area contributed by atoms with Crippen molar-refractivity contribution in [3.63, 3.8) is 0 Å². The van der Waals surface area contributed by atoms with Crippen molar-refractivity contribution in [2.24, 2.45) is 5.92 Å². The predicted octanol–water partition coefficient (Wildman–Crippen LogP) is 5.15. The molecule has 98 valence electrons. The zero-order valence-corrected chi connectivity index (χ0v) is 10.6. The molecule has 0 atom stereocenters. The van der Waals surface area contributed by atoms with Crippen LogP contribution in [0.2, 0.25) is 0 Å². The fourth-order valence-electron chi connectivity index (χ4n) is 2.71. The van der Waals surface area contributed by atoms with E-state index in [1.807, 2.05) is 6.92 Å².